The summed E-state index contributed by atoms with van der Waals surface area (Å²) in [7, 11) is 1.72. The Morgan fingerprint density at radius 2 is 1.79 bits per heavy atom. The third-order valence-electron chi connectivity index (χ3n) is 2.99. The van der Waals surface area contributed by atoms with E-state index in [4.69, 9.17) is 4.74 Å². The number of hydrogen-bond acceptors (Lipinski definition) is 2. The predicted molar refractivity (Wildman–Crippen MR) is 58.1 cm³/mol. The van der Waals surface area contributed by atoms with Crippen LogP contribution in [0.3, 0.4) is 0 Å². The van der Waals surface area contributed by atoms with Gasteiger partial charge >= 0.3 is 0 Å². The van der Waals surface area contributed by atoms with Crippen molar-refractivity contribution in [3.8, 4) is 5.75 Å². The summed E-state index contributed by atoms with van der Waals surface area (Å²) in [5.74, 6) is 1.68. The van der Waals surface area contributed by atoms with Crippen LogP contribution in [-0.2, 0) is 0 Å². The molecule has 76 valence electrons. The van der Waals surface area contributed by atoms with Crippen LogP contribution in [0.5, 0.6) is 5.75 Å². The van der Waals surface area contributed by atoms with Crippen LogP contribution in [0.1, 0.15) is 22.6 Å². The molecule has 0 aromatic heterocycles. The molecule has 14 heavy (non-hydrogen) atoms. The fourth-order valence-electron chi connectivity index (χ4n) is 2.19. The van der Waals surface area contributed by atoms with E-state index in [1.54, 1.807) is 7.11 Å². The Morgan fingerprint density at radius 3 is 2.14 bits per heavy atom. The van der Waals surface area contributed by atoms with E-state index in [1.807, 2.05) is 0 Å². The molecule has 0 unspecified atom stereocenters. The number of methoxy groups -OCH3 is 1. The van der Waals surface area contributed by atoms with Crippen molar-refractivity contribution in [2.24, 2.45) is 0 Å². The molecule has 2 heteroatoms. The lowest BCUT2D eigenvalue weighted by Crippen LogP contribution is -2.40. The first kappa shape index (κ1) is 9.53. The van der Waals surface area contributed by atoms with Crippen LogP contribution in [0.2, 0.25) is 0 Å². The van der Waals surface area contributed by atoms with Gasteiger partial charge in [-0.3, -0.25) is 0 Å². The zero-order valence-corrected chi connectivity index (χ0v) is 9.05. The number of hydrogen-bond donors (Lipinski definition) is 1. The molecular weight excluding hydrogens is 174 g/mol. The Labute approximate surface area is 85.3 Å². The lowest BCUT2D eigenvalue weighted by molar-refractivity contribution is 0.411. The van der Waals surface area contributed by atoms with E-state index in [1.165, 1.54) is 16.7 Å². The van der Waals surface area contributed by atoms with Gasteiger partial charge in [-0.05, 0) is 42.7 Å². The molecule has 1 aromatic carbocycles. The summed E-state index contributed by atoms with van der Waals surface area (Å²) < 4.78 is 5.25. The van der Waals surface area contributed by atoms with Crippen LogP contribution in [0.25, 0.3) is 0 Å². The highest BCUT2D eigenvalue weighted by atomic mass is 16.5. The van der Waals surface area contributed by atoms with Crippen LogP contribution in [0.4, 0.5) is 0 Å². The van der Waals surface area contributed by atoms with Gasteiger partial charge in [0, 0.05) is 19.0 Å². The standard InChI is InChI=1S/C12H17NO/c1-8-4-11(14-3)5-9(2)12(8)10-6-13-7-10/h4-5,10,13H,6-7H2,1-3H3. The first-order valence-corrected chi connectivity index (χ1v) is 5.08. The molecule has 0 aliphatic carbocycles. The Balaban J connectivity index is 2.39. The minimum Gasteiger partial charge on any atom is -0.497 e. The number of nitrogens with one attached hydrogen (secondary N) is 1. The molecule has 2 nitrogen and oxygen atoms in total. The van der Waals surface area contributed by atoms with Crippen molar-refractivity contribution in [1.29, 1.82) is 0 Å². The zero-order chi connectivity index (χ0) is 10.1. The van der Waals surface area contributed by atoms with Crippen molar-refractivity contribution < 1.29 is 4.74 Å². The van der Waals surface area contributed by atoms with Gasteiger partial charge in [-0.2, -0.15) is 0 Å². The topological polar surface area (TPSA) is 21.3 Å². The Kier molecular flexibility index (Phi) is 2.46. The summed E-state index contributed by atoms with van der Waals surface area (Å²) in [5, 5.41) is 3.31. The second-order valence-corrected chi connectivity index (χ2v) is 4.03. The summed E-state index contributed by atoms with van der Waals surface area (Å²) in [5.41, 5.74) is 4.21. The van der Waals surface area contributed by atoms with Gasteiger partial charge in [-0.15, -0.1) is 0 Å². The largest absolute Gasteiger partial charge is 0.497 e. The van der Waals surface area contributed by atoms with Crippen LogP contribution >= 0.6 is 0 Å². The van der Waals surface area contributed by atoms with E-state index in [9.17, 15) is 0 Å². The van der Waals surface area contributed by atoms with Crippen LogP contribution in [-0.4, -0.2) is 20.2 Å². The minimum atomic E-state index is 0.709. The lowest BCUT2D eigenvalue weighted by Gasteiger charge is -2.30. The quantitative estimate of drug-likeness (QED) is 0.772. The van der Waals surface area contributed by atoms with Crippen molar-refractivity contribution in [3.63, 3.8) is 0 Å². The molecule has 2 rings (SSSR count). The van der Waals surface area contributed by atoms with Gasteiger partial charge in [0.25, 0.3) is 0 Å². The molecule has 0 bridgehead atoms. The Morgan fingerprint density at radius 1 is 1.21 bits per heavy atom. The summed E-state index contributed by atoms with van der Waals surface area (Å²) in [6.07, 6.45) is 0. The summed E-state index contributed by atoms with van der Waals surface area (Å²) in [4.78, 5) is 0. The average molecular weight is 191 g/mol. The van der Waals surface area contributed by atoms with Crippen molar-refractivity contribution in [2.75, 3.05) is 20.2 Å². The molecule has 1 aliphatic rings. The zero-order valence-electron chi connectivity index (χ0n) is 9.05. The molecular formula is C12H17NO. The van der Waals surface area contributed by atoms with E-state index in [2.05, 4.69) is 31.3 Å². The summed E-state index contributed by atoms with van der Waals surface area (Å²) in [6, 6.07) is 4.25. The molecule has 0 spiro atoms. The van der Waals surface area contributed by atoms with E-state index in [0.29, 0.717) is 5.92 Å². The molecule has 1 N–H and O–H groups in total. The SMILES string of the molecule is COc1cc(C)c(C2CNC2)c(C)c1. The van der Waals surface area contributed by atoms with Gasteiger partial charge in [-0.25, -0.2) is 0 Å². The predicted octanol–water partition coefficient (Wildman–Crippen LogP) is 2.00. The fourth-order valence-corrected chi connectivity index (χ4v) is 2.19. The molecule has 0 atom stereocenters. The van der Waals surface area contributed by atoms with E-state index in [-0.39, 0.29) is 0 Å². The first-order valence-electron chi connectivity index (χ1n) is 5.08. The smallest absolute Gasteiger partial charge is 0.119 e. The Hall–Kier alpha value is -1.02. The van der Waals surface area contributed by atoms with Crippen molar-refractivity contribution in [2.45, 2.75) is 19.8 Å². The highest BCUT2D eigenvalue weighted by Crippen LogP contribution is 2.30. The number of aryl methyl sites for hydroxylation is 2. The maximum Gasteiger partial charge on any atom is 0.119 e. The normalized spacial score (nSPS) is 16.5. The second-order valence-electron chi connectivity index (χ2n) is 4.03. The van der Waals surface area contributed by atoms with E-state index >= 15 is 0 Å². The molecule has 1 aliphatic heterocycles. The number of ether oxygens (including phenoxy) is 1. The molecule has 0 amide bonds. The van der Waals surface area contributed by atoms with Crippen LogP contribution < -0.4 is 10.1 Å². The van der Waals surface area contributed by atoms with Crippen LogP contribution in [0, 0.1) is 13.8 Å². The van der Waals surface area contributed by atoms with Crippen molar-refractivity contribution in [3.05, 3.63) is 28.8 Å². The van der Waals surface area contributed by atoms with Gasteiger partial charge in [0.15, 0.2) is 0 Å². The molecule has 0 radical (unpaired) electrons. The first-order chi connectivity index (χ1) is 6.72. The fraction of sp³-hybridized carbons (Fsp3) is 0.500. The third-order valence-corrected chi connectivity index (χ3v) is 2.99. The highest BCUT2D eigenvalue weighted by Gasteiger charge is 2.22. The van der Waals surface area contributed by atoms with Gasteiger partial charge < -0.3 is 10.1 Å². The van der Waals surface area contributed by atoms with E-state index < -0.39 is 0 Å². The number of benzene rings is 1. The van der Waals surface area contributed by atoms with Gasteiger partial charge in [-0.1, -0.05) is 0 Å². The van der Waals surface area contributed by atoms with Crippen molar-refractivity contribution in [1.82, 2.24) is 5.32 Å². The molecule has 1 saturated heterocycles. The molecule has 1 heterocycles. The van der Waals surface area contributed by atoms with Crippen LogP contribution in [0.15, 0.2) is 12.1 Å². The lowest BCUT2D eigenvalue weighted by atomic mass is 9.87. The van der Waals surface area contributed by atoms with E-state index in [0.717, 1.165) is 18.8 Å². The summed E-state index contributed by atoms with van der Waals surface area (Å²) in [6.45, 7) is 6.58. The number of rotatable bonds is 2. The molecule has 1 fully saturated rings. The Bertz CT molecular complexity index is 319. The minimum absolute atomic E-state index is 0.709. The molecule has 0 saturated carbocycles. The maximum atomic E-state index is 5.25. The highest BCUT2D eigenvalue weighted by molar-refractivity contribution is 5.44. The average Bonchev–Trinajstić information content (AvgIpc) is 2.07. The van der Waals surface area contributed by atoms with Gasteiger partial charge in [0.1, 0.15) is 5.75 Å². The summed E-state index contributed by atoms with van der Waals surface area (Å²) >= 11 is 0. The molecule has 1 aromatic rings. The van der Waals surface area contributed by atoms with Gasteiger partial charge in [0.2, 0.25) is 0 Å². The maximum absolute atomic E-state index is 5.25. The van der Waals surface area contributed by atoms with Gasteiger partial charge in [0.05, 0.1) is 7.11 Å². The van der Waals surface area contributed by atoms with Crippen molar-refractivity contribution >= 4 is 0 Å². The third kappa shape index (κ3) is 1.50. The monoisotopic (exact) mass is 191 g/mol. The second kappa shape index (κ2) is 3.62.